The summed E-state index contributed by atoms with van der Waals surface area (Å²) in [5.74, 6) is 0.715. The van der Waals surface area contributed by atoms with Crippen LogP contribution in [0.4, 0.5) is 0 Å². The molecule has 0 aliphatic rings. The molecule has 0 fully saturated rings. The lowest BCUT2D eigenvalue weighted by atomic mass is 10.4. The lowest BCUT2D eigenvalue weighted by Gasteiger charge is -1.85. The van der Waals surface area contributed by atoms with E-state index in [2.05, 4.69) is 15.2 Å². The fourth-order valence-corrected chi connectivity index (χ4v) is 1.37. The van der Waals surface area contributed by atoms with Crippen LogP contribution in [-0.2, 0) is 0 Å². The molecular formula is C6H5N3OS. The highest BCUT2D eigenvalue weighted by molar-refractivity contribution is 7.12. The highest BCUT2D eigenvalue weighted by Gasteiger charge is 2.08. The van der Waals surface area contributed by atoms with Crippen molar-refractivity contribution in [3.8, 4) is 10.8 Å². The number of hydrogen-bond acceptors (Lipinski definition) is 5. The minimum Gasteiger partial charge on any atom is -0.441 e. The maximum Gasteiger partial charge on any atom is 0.187 e. The first-order valence-electron chi connectivity index (χ1n) is 3.04. The van der Waals surface area contributed by atoms with Gasteiger partial charge in [0.2, 0.25) is 0 Å². The summed E-state index contributed by atoms with van der Waals surface area (Å²) < 4.78 is 5.11. The zero-order valence-corrected chi connectivity index (χ0v) is 6.63. The van der Waals surface area contributed by atoms with E-state index in [-0.39, 0.29) is 0 Å². The monoisotopic (exact) mass is 167 g/mol. The molecule has 2 aromatic heterocycles. The third-order valence-corrected chi connectivity index (χ3v) is 1.99. The average molecular weight is 167 g/mol. The van der Waals surface area contributed by atoms with E-state index in [0.717, 1.165) is 10.7 Å². The number of aryl methyl sites for hydroxylation is 1. The van der Waals surface area contributed by atoms with Crippen molar-refractivity contribution in [3.05, 3.63) is 17.6 Å². The second kappa shape index (κ2) is 2.43. The third-order valence-electron chi connectivity index (χ3n) is 1.30. The number of aromatic nitrogens is 3. The molecule has 0 aliphatic heterocycles. The fraction of sp³-hybridized carbons (Fsp3) is 0.167. The van der Waals surface area contributed by atoms with Gasteiger partial charge in [0.15, 0.2) is 17.2 Å². The molecule has 5 heteroatoms. The van der Waals surface area contributed by atoms with Gasteiger partial charge in [-0.1, -0.05) is 11.3 Å². The zero-order valence-electron chi connectivity index (χ0n) is 5.81. The van der Waals surface area contributed by atoms with E-state index in [1.54, 1.807) is 5.51 Å². The van der Waals surface area contributed by atoms with Crippen molar-refractivity contribution in [3.63, 3.8) is 0 Å². The molecule has 0 aromatic carbocycles. The molecule has 0 amide bonds. The fourth-order valence-electron chi connectivity index (χ4n) is 0.779. The predicted octanol–water partition coefficient (Wildman–Crippen LogP) is 1.50. The van der Waals surface area contributed by atoms with Gasteiger partial charge in [-0.15, -0.1) is 10.2 Å². The number of hydrogen-bond donors (Lipinski definition) is 0. The van der Waals surface area contributed by atoms with Gasteiger partial charge >= 0.3 is 0 Å². The lowest BCUT2D eigenvalue weighted by Crippen LogP contribution is -1.76. The number of oxazole rings is 1. The Balaban J connectivity index is 2.53. The van der Waals surface area contributed by atoms with Crippen molar-refractivity contribution in [2.45, 2.75) is 6.92 Å². The van der Waals surface area contributed by atoms with Crippen molar-refractivity contribution < 1.29 is 4.42 Å². The molecule has 56 valence electrons. The van der Waals surface area contributed by atoms with Crippen LogP contribution in [0.3, 0.4) is 0 Å². The minimum absolute atomic E-state index is 0.715. The van der Waals surface area contributed by atoms with E-state index >= 15 is 0 Å². The first-order chi connectivity index (χ1) is 5.38. The first-order valence-corrected chi connectivity index (χ1v) is 3.92. The van der Waals surface area contributed by atoms with Gasteiger partial charge in [-0.2, -0.15) is 0 Å². The van der Waals surface area contributed by atoms with Crippen LogP contribution in [0.25, 0.3) is 10.8 Å². The van der Waals surface area contributed by atoms with Gasteiger partial charge < -0.3 is 4.42 Å². The van der Waals surface area contributed by atoms with Gasteiger partial charge in [0.1, 0.15) is 5.51 Å². The van der Waals surface area contributed by atoms with Gasteiger partial charge in [0, 0.05) is 0 Å². The van der Waals surface area contributed by atoms with Crippen LogP contribution in [0.1, 0.15) is 5.69 Å². The molecule has 0 radical (unpaired) electrons. The van der Waals surface area contributed by atoms with Crippen LogP contribution in [0.15, 0.2) is 16.3 Å². The van der Waals surface area contributed by atoms with Gasteiger partial charge in [-0.05, 0) is 6.92 Å². The second-order valence-electron chi connectivity index (χ2n) is 2.01. The Labute approximate surface area is 66.9 Å². The second-order valence-corrected chi connectivity index (χ2v) is 2.84. The van der Waals surface area contributed by atoms with Crippen molar-refractivity contribution in [1.29, 1.82) is 0 Å². The SMILES string of the molecule is Cc1ncoc1-c1nncs1. The van der Waals surface area contributed by atoms with E-state index in [1.165, 1.54) is 17.7 Å². The normalized spacial score (nSPS) is 10.3. The quantitative estimate of drug-likeness (QED) is 0.645. The van der Waals surface area contributed by atoms with Crippen LogP contribution < -0.4 is 0 Å². The van der Waals surface area contributed by atoms with Crippen LogP contribution in [0.2, 0.25) is 0 Å². The Hall–Kier alpha value is -1.23. The highest BCUT2D eigenvalue weighted by atomic mass is 32.1. The number of rotatable bonds is 1. The molecule has 4 nitrogen and oxygen atoms in total. The first kappa shape index (κ1) is 6.48. The lowest BCUT2D eigenvalue weighted by molar-refractivity contribution is 0.570. The summed E-state index contributed by atoms with van der Waals surface area (Å²) in [7, 11) is 0. The van der Waals surface area contributed by atoms with Gasteiger partial charge in [-0.3, -0.25) is 0 Å². The van der Waals surface area contributed by atoms with Gasteiger partial charge in [-0.25, -0.2) is 4.98 Å². The molecule has 11 heavy (non-hydrogen) atoms. The zero-order chi connectivity index (χ0) is 7.68. The van der Waals surface area contributed by atoms with Crippen LogP contribution in [0.5, 0.6) is 0 Å². The molecule has 0 saturated carbocycles. The Morgan fingerprint density at radius 2 is 2.45 bits per heavy atom. The molecule has 0 saturated heterocycles. The maximum absolute atomic E-state index is 5.11. The maximum atomic E-state index is 5.11. The van der Waals surface area contributed by atoms with E-state index in [4.69, 9.17) is 4.42 Å². The molecular weight excluding hydrogens is 162 g/mol. The molecule has 0 bridgehead atoms. The van der Waals surface area contributed by atoms with Gasteiger partial charge in [0.05, 0.1) is 5.69 Å². The molecule has 2 heterocycles. The minimum atomic E-state index is 0.715. The summed E-state index contributed by atoms with van der Waals surface area (Å²) in [4.78, 5) is 3.94. The summed E-state index contributed by atoms with van der Waals surface area (Å²) in [6, 6.07) is 0. The molecule has 0 N–H and O–H groups in total. The largest absolute Gasteiger partial charge is 0.441 e. The number of nitrogens with zero attached hydrogens (tertiary/aromatic N) is 3. The molecule has 2 rings (SSSR count). The molecule has 0 atom stereocenters. The van der Waals surface area contributed by atoms with Crippen LogP contribution >= 0.6 is 11.3 Å². The smallest absolute Gasteiger partial charge is 0.187 e. The molecule has 0 aliphatic carbocycles. The Kier molecular flexibility index (Phi) is 1.43. The Morgan fingerprint density at radius 1 is 1.55 bits per heavy atom. The van der Waals surface area contributed by atoms with E-state index < -0.39 is 0 Å². The van der Waals surface area contributed by atoms with E-state index in [1.807, 2.05) is 6.92 Å². The molecule has 0 spiro atoms. The average Bonchev–Trinajstić information content (AvgIpc) is 2.55. The van der Waals surface area contributed by atoms with Crippen molar-refractivity contribution in [1.82, 2.24) is 15.2 Å². The van der Waals surface area contributed by atoms with Gasteiger partial charge in [0.25, 0.3) is 0 Å². The van der Waals surface area contributed by atoms with Crippen molar-refractivity contribution >= 4 is 11.3 Å². The predicted molar refractivity (Wildman–Crippen MR) is 40.1 cm³/mol. The Bertz CT molecular complexity index is 340. The van der Waals surface area contributed by atoms with Crippen LogP contribution in [0, 0.1) is 6.92 Å². The van der Waals surface area contributed by atoms with Crippen LogP contribution in [-0.4, -0.2) is 15.2 Å². The molecule has 0 unspecified atom stereocenters. The highest BCUT2D eigenvalue weighted by Crippen LogP contribution is 2.22. The summed E-state index contributed by atoms with van der Waals surface area (Å²) in [5.41, 5.74) is 2.51. The topological polar surface area (TPSA) is 51.8 Å². The summed E-state index contributed by atoms with van der Waals surface area (Å²) >= 11 is 1.44. The Morgan fingerprint density at radius 3 is 3.00 bits per heavy atom. The third kappa shape index (κ3) is 1.03. The molecule has 2 aromatic rings. The van der Waals surface area contributed by atoms with Crippen molar-refractivity contribution in [2.75, 3.05) is 0 Å². The van der Waals surface area contributed by atoms with E-state index in [9.17, 15) is 0 Å². The summed E-state index contributed by atoms with van der Waals surface area (Å²) in [5, 5.41) is 8.33. The standard InChI is InChI=1S/C6H5N3OS/c1-4-5(10-2-7-4)6-9-8-3-11-6/h2-3H,1H3. The van der Waals surface area contributed by atoms with Crippen molar-refractivity contribution in [2.24, 2.45) is 0 Å². The van der Waals surface area contributed by atoms with E-state index in [0.29, 0.717) is 5.76 Å². The summed E-state index contributed by atoms with van der Waals surface area (Å²) in [6.45, 7) is 1.88. The summed E-state index contributed by atoms with van der Waals surface area (Å²) in [6.07, 6.45) is 1.41.